The predicted molar refractivity (Wildman–Crippen MR) is 232 cm³/mol. The average Bonchev–Trinajstić information content (AvgIpc) is 3.91. The van der Waals surface area contributed by atoms with Crippen molar-refractivity contribution in [2.75, 3.05) is 0 Å². The first kappa shape index (κ1) is 30.3. The van der Waals surface area contributed by atoms with E-state index in [-0.39, 0.29) is 0 Å². The number of hydrogen-bond donors (Lipinski definition) is 0. The topological polar surface area (TPSA) is 9.86 Å². The van der Waals surface area contributed by atoms with Gasteiger partial charge >= 0.3 is 0 Å². The van der Waals surface area contributed by atoms with Crippen LogP contribution in [0.25, 0.3) is 99.1 Å². The minimum absolute atomic E-state index is 0.961. The fraction of sp³-hybridized carbons (Fsp3) is 0.0189. The van der Waals surface area contributed by atoms with Crippen LogP contribution in [0.15, 0.2) is 194 Å². The first-order valence-electron chi connectivity index (χ1n) is 19.1. The van der Waals surface area contributed by atoms with Crippen LogP contribution in [0.3, 0.4) is 0 Å². The van der Waals surface area contributed by atoms with Crippen LogP contribution in [0.5, 0.6) is 0 Å². The quantitative estimate of drug-likeness (QED) is 0.173. The highest BCUT2D eigenvalue weighted by molar-refractivity contribution is 6.29. The molecule has 1 aliphatic rings. The molecule has 1 aliphatic carbocycles. The van der Waals surface area contributed by atoms with E-state index in [1.807, 2.05) is 0 Å². The third-order valence-electron chi connectivity index (χ3n) is 11.9. The van der Waals surface area contributed by atoms with Gasteiger partial charge in [0.25, 0.3) is 0 Å². The molecule has 0 amide bonds. The maximum Gasteiger partial charge on any atom is 0.0548 e. The van der Waals surface area contributed by atoms with Gasteiger partial charge in [-0.2, -0.15) is 0 Å². The Balaban J connectivity index is 1.09. The summed E-state index contributed by atoms with van der Waals surface area (Å²) in [5, 5.41) is 7.59. The molecule has 0 spiro atoms. The van der Waals surface area contributed by atoms with E-state index in [4.69, 9.17) is 0 Å². The molecule has 0 N–H and O–H groups in total. The zero-order chi connectivity index (χ0) is 36.0. The Morgan fingerprint density at radius 3 is 1.69 bits per heavy atom. The summed E-state index contributed by atoms with van der Waals surface area (Å²) in [6.07, 6.45) is 0.961. The average molecular weight is 699 g/mol. The minimum Gasteiger partial charge on any atom is -0.309 e. The van der Waals surface area contributed by atoms with E-state index in [9.17, 15) is 0 Å². The summed E-state index contributed by atoms with van der Waals surface area (Å²) in [6.45, 7) is 0. The van der Waals surface area contributed by atoms with Crippen LogP contribution in [-0.2, 0) is 6.42 Å². The lowest BCUT2D eigenvalue weighted by Gasteiger charge is -2.15. The van der Waals surface area contributed by atoms with Gasteiger partial charge in [-0.1, -0.05) is 133 Å². The lowest BCUT2D eigenvalue weighted by molar-refractivity contribution is 1.17. The molecule has 9 aromatic carbocycles. The fourth-order valence-corrected chi connectivity index (χ4v) is 9.49. The van der Waals surface area contributed by atoms with Crippen molar-refractivity contribution in [1.82, 2.24) is 9.13 Å². The van der Waals surface area contributed by atoms with Crippen LogP contribution < -0.4 is 0 Å². The highest BCUT2D eigenvalue weighted by atomic mass is 15.0. The molecule has 0 fully saturated rings. The van der Waals surface area contributed by atoms with Crippen LogP contribution >= 0.6 is 0 Å². The summed E-state index contributed by atoms with van der Waals surface area (Å²) < 4.78 is 4.91. The Kier molecular flexibility index (Phi) is 6.43. The number of rotatable bonds is 4. The van der Waals surface area contributed by atoms with Gasteiger partial charge in [-0.15, -0.1) is 0 Å². The first-order chi connectivity index (χ1) is 27.3. The van der Waals surface area contributed by atoms with Gasteiger partial charge in [0, 0.05) is 32.9 Å². The number of hydrogen-bond acceptors (Lipinski definition) is 0. The van der Waals surface area contributed by atoms with Crippen LogP contribution in [0, 0.1) is 0 Å². The van der Waals surface area contributed by atoms with Crippen molar-refractivity contribution in [3.63, 3.8) is 0 Å². The molecule has 0 bridgehead atoms. The molecule has 0 saturated carbocycles. The van der Waals surface area contributed by atoms with Crippen molar-refractivity contribution in [2.24, 2.45) is 0 Å². The van der Waals surface area contributed by atoms with Gasteiger partial charge in [-0.05, 0) is 122 Å². The molecule has 0 saturated heterocycles. The Hall–Kier alpha value is -7.16. The van der Waals surface area contributed by atoms with E-state index >= 15 is 0 Å². The molecule has 2 heterocycles. The lowest BCUT2D eigenvalue weighted by atomic mass is 9.91. The molecule has 2 heteroatoms. The number of aromatic nitrogens is 2. The molecule has 0 radical (unpaired) electrons. The molecule has 0 unspecified atom stereocenters. The monoisotopic (exact) mass is 698 g/mol. The fourth-order valence-electron chi connectivity index (χ4n) is 9.49. The Bertz CT molecular complexity index is 3340. The number of benzene rings is 9. The molecular weight excluding hydrogens is 665 g/mol. The molecule has 11 aromatic rings. The third kappa shape index (κ3) is 4.49. The summed E-state index contributed by atoms with van der Waals surface area (Å²) in [4.78, 5) is 0. The maximum atomic E-state index is 2.47. The molecule has 12 rings (SSSR count). The second-order valence-electron chi connectivity index (χ2n) is 14.9. The van der Waals surface area contributed by atoms with Crippen LogP contribution in [0.4, 0.5) is 0 Å². The molecule has 0 aliphatic heterocycles. The highest BCUT2D eigenvalue weighted by Gasteiger charge is 2.24. The van der Waals surface area contributed by atoms with Gasteiger partial charge in [0.15, 0.2) is 0 Å². The molecule has 2 aromatic heterocycles. The summed E-state index contributed by atoms with van der Waals surface area (Å²) in [5.74, 6) is 0. The lowest BCUT2D eigenvalue weighted by Crippen LogP contribution is -1.96. The number of fused-ring (bicyclic) bond motifs is 11. The van der Waals surface area contributed by atoms with E-state index in [1.54, 1.807) is 0 Å². The Labute approximate surface area is 318 Å². The molecule has 256 valence electrons. The van der Waals surface area contributed by atoms with Crippen molar-refractivity contribution in [3.8, 4) is 44.8 Å². The van der Waals surface area contributed by atoms with Crippen molar-refractivity contribution >= 4 is 54.4 Å². The second kappa shape index (κ2) is 11.7. The Morgan fingerprint density at radius 2 is 0.927 bits per heavy atom. The van der Waals surface area contributed by atoms with Gasteiger partial charge in [-0.25, -0.2) is 0 Å². The highest BCUT2D eigenvalue weighted by Crippen LogP contribution is 2.46. The smallest absolute Gasteiger partial charge is 0.0548 e. The minimum atomic E-state index is 0.961. The predicted octanol–water partition coefficient (Wildman–Crippen LogP) is 13.9. The normalized spacial score (nSPS) is 12.3. The van der Waals surface area contributed by atoms with Gasteiger partial charge in [-0.3, -0.25) is 0 Å². The van der Waals surface area contributed by atoms with E-state index < -0.39 is 0 Å². The van der Waals surface area contributed by atoms with E-state index in [1.165, 1.54) is 105 Å². The van der Waals surface area contributed by atoms with Crippen LogP contribution in [0.1, 0.15) is 11.1 Å². The first-order valence-corrected chi connectivity index (χ1v) is 19.1. The van der Waals surface area contributed by atoms with Crippen molar-refractivity contribution in [1.29, 1.82) is 0 Å². The van der Waals surface area contributed by atoms with Crippen molar-refractivity contribution < 1.29 is 0 Å². The van der Waals surface area contributed by atoms with Gasteiger partial charge in [0.2, 0.25) is 0 Å². The molecular formula is C53H34N2. The van der Waals surface area contributed by atoms with Gasteiger partial charge < -0.3 is 9.13 Å². The second-order valence-corrected chi connectivity index (χ2v) is 14.9. The number of nitrogens with zero attached hydrogens (tertiary/aromatic N) is 2. The van der Waals surface area contributed by atoms with Crippen LogP contribution in [-0.4, -0.2) is 9.13 Å². The standard InChI is InChI=1S/C53H34N2/c1-2-14-35(15-3-1)45-32-39(33-46-42-20-7-6-17-38(42)31-47(45)46)37-18-12-19-40(30-37)54-48-23-10-8-21-43(48)52-50(54)27-28-51-53(52)44-22-9-11-24-49(44)55(51)41-26-25-34-13-4-5-16-36(34)29-41/h1-30,32-33H,31H2. The van der Waals surface area contributed by atoms with E-state index in [2.05, 4.69) is 203 Å². The zero-order valence-corrected chi connectivity index (χ0v) is 30.1. The maximum absolute atomic E-state index is 2.47. The number of para-hydroxylation sites is 2. The van der Waals surface area contributed by atoms with E-state index in [0.29, 0.717) is 0 Å². The summed E-state index contributed by atoms with van der Waals surface area (Å²) in [6, 6.07) is 71.7. The summed E-state index contributed by atoms with van der Waals surface area (Å²) in [7, 11) is 0. The molecule has 2 nitrogen and oxygen atoms in total. The van der Waals surface area contributed by atoms with Gasteiger partial charge in [0.05, 0.1) is 22.1 Å². The third-order valence-corrected chi connectivity index (χ3v) is 11.9. The largest absolute Gasteiger partial charge is 0.309 e. The molecule has 55 heavy (non-hydrogen) atoms. The Morgan fingerprint density at radius 1 is 0.327 bits per heavy atom. The summed E-state index contributed by atoms with van der Waals surface area (Å²) >= 11 is 0. The summed E-state index contributed by atoms with van der Waals surface area (Å²) in [5.41, 5.74) is 17.7. The van der Waals surface area contributed by atoms with Crippen molar-refractivity contribution in [2.45, 2.75) is 6.42 Å². The van der Waals surface area contributed by atoms with Gasteiger partial charge in [0.1, 0.15) is 0 Å². The van der Waals surface area contributed by atoms with Crippen LogP contribution in [0.2, 0.25) is 0 Å². The van der Waals surface area contributed by atoms with Crippen molar-refractivity contribution in [3.05, 3.63) is 205 Å². The zero-order valence-electron chi connectivity index (χ0n) is 30.1. The SMILES string of the molecule is c1ccc(-c2cc(-c3cccc(-n4c5ccccc5c5c6c7ccccc7n(-c7ccc8ccccc8c7)c6ccc54)c3)cc3c2Cc2ccccc2-3)cc1. The molecule has 0 atom stereocenters. The van der Waals surface area contributed by atoms with E-state index in [0.717, 1.165) is 12.1 Å².